The van der Waals surface area contributed by atoms with Gasteiger partial charge in [0, 0.05) is 25.0 Å². The van der Waals surface area contributed by atoms with Crippen molar-refractivity contribution in [3.05, 3.63) is 32.7 Å². The Hall–Kier alpha value is -2.43. The smallest absolute Gasteiger partial charge is 0.354 e. The van der Waals surface area contributed by atoms with Gasteiger partial charge in [-0.1, -0.05) is 0 Å². The average molecular weight is 387 g/mol. The van der Waals surface area contributed by atoms with E-state index in [2.05, 4.69) is 9.97 Å². The molecule has 1 saturated carbocycles. The highest BCUT2D eigenvalue weighted by atomic mass is 19.4. The monoisotopic (exact) mass is 387 g/mol. The van der Waals surface area contributed by atoms with E-state index < -0.39 is 35.2 Å². The second kappa shape index (κ2) is 6.04. The summed E-state index contributed by atoms with van der Waals surface area (Å²) in [5, 5.41) is -0.0644. The van der Waals surface area contributed by atoms with E-state index in [0.29, 0.717) is 0 Å². The number of nitrogens with one attached hydrogen (secondary N) is 1. The van der Waals surface area contributed by atoms with Crippen LogP contribution in [0.2, 0.25) is 0 Å². The number of alkyl halides is 3. The van der Waals surface area contributed by atoms with Crippen LogP contribution in [0.15, 0.2) is 15.7 Å². The quantitative estimate of drug-likeness (QED) is 0.774. The standard InChI is InChI=1S/C16H17F4N5O2/c17-10-5-9-12(25(8-1-2-8)15(27)23-14(9)26)22-13(10)24-4-3-7(6-24)11(21)16(18,19)20/h5,7-8,11H,1-4,6,21H2,(H,23,26,27). The van der Waals surface area contributed by atoms with Crippen molar-refractivity contribution in [3.63, 3.8) is 0 Å². The Labute approximate surface area is 149 Å². The van der Waals surface area contributed by atoms with E-state index in [9.17, 15) is 27.2 Å². The Morgan fingerprint density at radius 3 is 2.59 bits per heavy atom. The maximum Gasteiger partial charge on any atom is 0.403 e. The molecule has 2 aromatic rings. The number of halogens is 4. The molecule has 2 fully saturated rings. The summed E-state index contributed by atoms with van der Waals surface area (Å²) in [6.45, 7) is 0.0493. The van der Waals surface area contributed by atoms with E-state index in [1.165, 1.54) is 9.47 Å². The van der Waals surface area contributed by atoms with Gasteiger partial charge in [-0.3, -0.25) is 14.3 Å². The fourth-order valence-corrected chi connectivity index (χ4v) is 3.57. The van der Waals surface area contributed by atoms with Crippen LogP contribution in [0.3, 0.4) is 0 Å². The normalized spacial score (nSPS) is 21.8. The number of hydrogen-bond donors (Lipinski definition) is 2. The van der Waals surface area contributed by atoms with Crippen molar-refractivity contribution < 1.29 is 17.6 Å². The summed E-state index contributed by atoms with van der Waals surface area (Å²) >= 11 is 0. The van der Waals surface area contributed by atoms with Crippen LogP contribution in [-0.2, 0) is 0 Å². The maximum absolute atomic E-state index is 14.6. The van der Waals surface area contributed by atoms with E-state index in [1.54, 1.807) is 0 Å². The lowest BCUT2D eigenvalue weighted by Crippen LogP contribution is -2.44. The van der Waals surface area contributed by atoms with Crippen LogP contribution in [0.25, 0.3) is 11.0 Å². The molecule has 0 amide bonds. The number of pyridine rings is 1. The summed E-state index contributed by atoms with van der Waals surface area (Å²) in [6, 6.07) is -1.14. The van der Waals surface area contributed by atoms with Crippen molar-refractivity contribution in [2.24, 2.45) is 11.7 Å². The molecular formula is C16H17F4N5O2. The molecule has 0 aromatic carbocycles. The van der Waals surface area contributed by atoms with Gasteiger partial charge < -0.3 is 10.6 Å². The Morgan fingerprint density at radius 2 is 1.96 bits per heavy atom. The summed E-state index contributed by atoms with van der Waals surface area (Å²) in [5.41, 5.74) is 3.95. The number of aromatic amines is 1. The van der Waals surface area contributed by atoms with E-state index >= 15 is 0 Å². The second-order valence-electron chi connectivity index (χ2n) is 7.09. The van der Waals surface area contributed by atoms with Gasteiger partial charge in [0.2, 0.25) is 0 Å². The van der Waals surface area contributed by atoms with Crippen molar-refractivity contribution >= 4 is 16.9 Å². The molecule has 2 atom stereocenters. The zero-order chi connectivity index (χ0) is 19.5. The summed E-state index contributed by atoms with van der Waals surface area (Å²) in [6.07, 6.45) is -2.91. The fraction of sp³-hybridized carbons (Fsp3) is 0.562. The predicted octanol–water partition coefficient (Wildman–Crippen LogP) is 1.27. The second-order valence-corrected chi connectivity index (χ2v) is 7.09. The first-order valence-corrected chi connectivity index (χ1v) is 8.59. The molecule has 1 aliphatic heterocycles. The third-order valence-corrected chi connectivity index (χ3v) is 5.17. The summed E-state index contributed by atoms with van der Waals surface area (Å²) in [5.74, 6) is -1.87. The van der Waals surface area contributed by atoms with Crippen LogP contribution in [0.1, 0.15) is 25.3 Å². The summed E-state index contributed by atoms with van der Waals surface area (Å²) in [4.78, 5) is 31.8. The first kappa shape index (κ1) is 18.0. The van der Waals surface area contributed by atoms with Gasteiger partial charge in [-0.05, 0) is 25.3 Å². The molecule has 0 spiro atoms. The molecule has 2 unspecified atom stereocenters. The van der Waals surface area contributed by atoms with Crippen LogP contribution >= 0.6 is 0 Å². The first-order valence-electron chi connectivity index (χ1n) is 8.59. The van der Waals surface area contributed by atoms with Gasteiger partial charge in [0.15, 0.2) is 17.3 Å². The molecule has 7 nitrogen and oxygen atoms in total. The number of rotatable bonds is 3. The SMILES string of the molecule is NC(C1CCN(c2nc3c(cc2F)c(=O)[nH]c(=O)n3C2CC2)C1)C(F)(F)F. The van der Waals surface area contributed by atoms with Crippen molar-refractivity contribution in [3.8, 4) is 0 Å². The Kier molecular flexibility index (Phi) is 4.02. The minimum absolute atomic E-state index is 0.0474. The van der Waals surface area contributed by atoms with Gasteiger partial charge in [-0.15, -0.1) is 0 Å². The van der Waals surface area contributed by atoms with Crippen LogP contribution in [0.5, 0.6) is 0 Å². The Bertz CT molecular complexity index is 1010. The molecule has 1 saturated heterocycles. The molecule has 4 rings (SSSR count). The Balaban J connectivity index is 1.75. The number of hydrogen-bond acceptors (Lipinski definition) is 5. The minimum Gasteiger partial charge on any atom is -0.354 e. The molecule has 2 aromatic heterocycles. The molecule has 11 heteroatoms. The summed E-state index contributed by atoms with van der Waals surface area (Å²) in [7, 11) is 0. The minimum atomic E-state index is -4.53. The van der Waals surface area contributed by atoms with E-state index in [0.717, 1.165) is 18.9 Å². The molecule has 0 radical (unpaired) electrons. The number of nitrogens with two attached hydrogens (primary N) is 1. The molecule has 3 N–H and O–H groups in total. The predicted molar refractivity (Wildman–Crippen MR) is 89.2 cm³/mol. The first-order chi connectivity index (χ1) is 12.7. The van der Waals surface area contributed by atoms with Crippen molar-refractivity contribution in [1.82, 2.24) is 14.5 Å². The molecule has 2 aliphatic rings. The highest BCUT2D eigenvalue weighted by Crippen LogP contribution is 2.36. The lowest BCUT2D eigenvalue weighted by Gasteiger charge is -2.23. The van der Waals surface area contributed by atoms with Crippen molar-refractivity contribution in [2.45, 2.75) is 37.5 Å². The van der Waals surface area contributed by atoms with Gasteiger partial charge >= 0.3 is 11.9 Å². The highest BCUT2D eigenvalue weighted by Gasteiger charge is 2.44. The maximum atomic E-state index is 14.6. The molecule has 1 aliphatic carbocycles. The molecule has 3 heterocycles. The topological polar surface area (TPSA) is 97.0 Å². The highest BCUT2D eigenvalue weighted by molar-refractivity contribution is 5.76. The van der Waals surface area contributed by atoms with E-state index in [1.807, 2.05) is 0 Å². The molecule has 0 bridgehead atoms. The number of fused-ring (bicyclic) bond motifs is 1. The third kappa shape index (κ3) is 3.09. The van der Waals surface area contributed by atoms with Gasteiger partial charge in [0.1, 0.15) is 6.04 Å². The number of anilines is 1. The molecular weight excluding hydrogens is 370 g/mol. The van der Waals surface area contributed by atoms with Gasteiger partial charge in [-0.25, -0.2) is 14.2 Å². The zero-order valence-electron chi connectivity index (χ0n) is 14.1. The van der Waals surface area contributed by atoms with E-state index in [-0.39, 0.29) is 42.4 Å². The van der Waals surface area contributed by atoms with Crippen LogP contribution in [0.4, 0.5) is 23.4 Å². The van der Waals surface area contributed by atoms with Gasteiger partial charge in [0.25, 0.3) is 5.56 Å². The Morgan fingerprint density at radius 1 is 1.26 bits per heavy atom. The van der Waals surface area contributed by atoms with Crippen LogP contribution in [0, 0.1) is 11.7 Å². The number of aromatic nitrogens is 3. The molecule has 27 heavy (non-hydrogen) atoms. The lowest BCUT2D eigenvalue weighted by molar-refractivity contribution is -0.157. The number of nitrogens with zero attached hydrogens (tertiary/aromatic N) is 3. The summed E-state index contributed by atoms with van der Waals surface area (Å²) < 4.78 is 54.4. The van der Waals surface area contributed by atoms with Gasteiger partial charge in [0.05, 0.1) is 5.39 Å². The fourth-order valence-electron chi connectivity index (χ4n) is 3.57. The third-order valence-electron chi connectivity index (χ3n) is 5.17. The number of H-pyrrole nitrogens is 1. The largest absolute Gasteiger partial charge is 0.403 e. The average Bonchev–Trinajstić information content (AvgIpc) is 3.29. The van der Waals surface area contributed by atoms with E-state index in [4.69, 9.17) is 5.73 Å². The zero-order valence-corrected chi connectivity index (χ0v) is 14.1. The lowest BCUT2D eigenvalue weighted by atomic mass is 9.99. The molecule has 146 valence electrons. The van der Waals surface area contributed by atoms with Crippen LogP contribution in [-0.4, -0.2) is 39.8 Å². The van der Waals surface area contributed by atoms with Gasteiger partial charge in [-0.2, -0.15) is 13.2 Å². The van der Waals surface area contributed by atoms with Crippen LogP contribution < -0.4 is 21.9 Å². The van der Waals surface area contributed by atoms with Crippen molar-refractivity contribution in [2.75, 3.05) is 18.0 Å². The van der Waals surface area contributed by atoms with Crippen molar-refractivity contribution in [1.29, 1.82) is 0 Å².